The van der Waals surface area contributed by atoms with Gasteiger partial charge in [0.2, 0.25) is 0 Å². The normalized spacial score (nSPS) is 21.9. The Balaban J connectivity index is 1.77. The van der Waals surface area contributed by atoms with Crippen molar-refractivity contribution in [1.29, 1.82) is 0 Å². The van der Waals surface area contributed by atoms with E-state index in [1.165, 1.54) is 0 Å². The highest BCUT2D eigenvalue weighted by Crippen LogP contribution is 2.52. The fraction of sp³-hybridized carbons (Fsp3) is 0.571. The molecule has 5 heteroatoms. The monoisotopic (exact) mass is 373 g/mol. The van der Waals surface area contributed by atoms with Crippen molar-refractivity contribution in [1.82, 2.24) is 4.90 Å². The molecule has 2 fully saturated rings. The third-order valence-electron chi connectivity index (χ3n) is 6.07. The van der Waals surface area contributed by atoms with E-state index in [2.05, 4.69) is 33.9 Å². The zero-order chi connectivity index (χ0) is 19.2. The predicted molar refractivity (Wildman–Crippen MR) is 106 cm³/mol. The molecule has 1 aliphatic heterocycles. The van der Waals surface area contributed by atoms with E-state index in [0.29, 0.717) is 25.1 Å². The topological polar surface area (TPSA) is 49.8 Å². The molecule has 1 saturated heterocycles. The van der Waals surface area contributed by atoms with Crippen LogP contribution in [0.5, 0.6) is 0 Å². The van der Waals surface area contributed by atoms with Crippen molar-refractivity contribution in [2.75, 3.05) is 6.54 Å². The first kappa shape index (κ1) is 19.2. The first-order valence-corrected chi connectivity index (χ1v) is 12.4. The molecule has 3 rings (SSSR count). The average molecular weight is 374 g/mol. The second kappa shape index (κ2) is 6.53. The Bertz CT molecular complexity index is 715. The van der Waals surface area contributed by atoms with Crippen LogP contribution >= 0.6 is 0 Å². The lowest BCUT2D eigenvalue weighted by atomic mass is 10.1. The summed E-state index contributed by atoms with van der Waals surface area (Å²) in [5.41, 5.74) is 1.05. The molecule has 142 valence electrons. The predicted octanol–water partition coefficient (Wildman–Crippen LogP) is 4.79. The number of carbonyl (C=O) groups excluding carboxylic acids is 1. The van der Waals surface area contributed by atoms with E-state index in [1.807, 2.05) is 35.2 Å². The molecule has 1 saturated carbocycles. The van der Waals surface area contributed by atoms with Gasteiger partial charge in [-0.05, 0) is 43.0 Å². The molecule has 2 aliphatic rings. The molecule has 0 spiro atoms. The largest absolute Gasteiger partial charge is 0.509 e. The second-order valence-corrected chi connectivity index (χ2v) is 13.9. The fourth-order valence-electron chi connectivity index (χ4n) is 3.24. The molecule has 0 radical (unpaired) electrons. The number of aliphatic hydroxyl groups excluding tert-OH is 1. The van der Waals surface area contributed by atoms with Gasteiger partial charge in [-0.2, -0.15) is 0 Å². The van der Waals surface area contributed by atoms with Crippen molar-refractivity contribution in [3.63, 3.8) is 0 Å². The summed E-state index contributed by atoms with van der Waals surface area (Å²) in [5.74, 6) is 0.152. The zero-order valence-electron chi connectivity index (χ0n) is 16.6. The van der Waals surface area contributed by atoms with E-state index in [4.69, 9.17) is 4.43 Å². The summed E-state index contributed by atoms with van der Waals surface area (Å²) in [5, 5.41) is 11.0. The van der Waals surface area contributed by atoms with E-state index in [-0.39, 0.29) is 16.7 Å². The van der Waals surface area contributed by atoms with Crippen LogP contribution in [0.2, 0.25) is 18.1 Å². The van der Waals surface area contributed by atoms with Crippen LogP contribution in [-0.4, -0.2) is 36.4 Å². The molecule has 1 aromatic rings. The molecule has 1 N–H and O–H groups in total. The Morgan fingerprint density at radius 3 is 2.38 bits per heavy atom. The molecule has 1 heterocycles. The Kier molecular flexibility index (Phi) is 4.82. The van der Waals surface area contributed by atoms with Gasteiger partial charge in [0.25, 0.3) is 5.91 Å². The number of carbonyl (C=O) groups is 1. The molecule has 0 aromatic heterocycles. The number of hydrogen-bond acceptors (Lipinski definition) is 3. The van der Waals surface area contributed by atoms with Crippen LogP contribution in [0.1, 0.15) is 45.6 Å². The van der Waals surface area contributed by atoms with Crippen molar-refractivity contribution >= 4 is 14.2 Å². The minimum atomic E-state index is -2.01. The highest BCUT2D eigenvalue weighted by atomic mass is 28.4. The van der Waals surface area contributed by atoms with Gasteiger partial charge in [-0.15, -0.1) is 0 Å². The van der Waals surface area contributed by atoms with Crippen LogP contribution in [0.3, 0.4) is 0 Å². The Morgan fingerprint density at radius 1 is 1.23 bits per heavy atom. The summed E-state index contributed by atoms with van der Waals surface area (Å²) in [7, 11) is -2.01. The zero-order valence-corrected chi connectivity index (χ0v) is 17.6. The Labute approximate surface area is 158 Å². The second-order valence-electron chi connectivity index (χ2n) is 9.15. The van der Waals surface area contributed by atoms with Crippen LogP contribution in [0, 0.1) is 0 Å². The van der Waals surface area contributed by atoms with Crippen molar-refractivity contribution < 1.29 is 14.3 Å². The summed E-state index contributed by atoms with van der Waals surface area (Å²) in [4.78, 5) is 14.7. The maximum atomic E-state index is 12.9. The minimum absolute atomic E-state index is 0.0449. The molecule has 0 unspecified atom stereocenters. The average Bonchev–Trinajstić information content (AvgIpc) is 3.24. The van der Waals surface area contributed by atoms with Crippen LogP contribution in [-0.2, 0) is 15.8 Å². The van der Waals surface area contributed by atoms with Gasteiger partial charge >= 0.3 is 0 Å². The van der Waals surface area contributed by atoms with Crippen LogP contribution < -0.4 is 0 Å². The lowest BCUT2D eigenvalue weighted by Crippen LogP contribution is -2.45. The van der Waals surface area contributed by atoms with E-state index in [1.54, 1.807) is 0 Å². The third-order valence-corrected chi connectivity index (χ3v) is 10.6. The summed E-state index contributed by atoms with van der Waals surface area (Å²) < 4.78 is 6.54. The summed E-state index contributed by atoms with van der Waals surface area (Å²) in [6.07, 6.45) is 2.21. The van der Waals surface area contributed by atoms with Crippen molar-refractivity contribution in [3.8, 4) is 0 Å². The number of nitrogens with zero attached hydrogens (tertiary/aromatic N) is 1. The number of amides is 1. The molecule has 0 bridgehead atoms. The van der Waals surface area contributed by atoms with Crippen LogP contribution in [0.4, 0.5) is 0 Å². The van der Waals surface area contributed by atoms with Crippen LogP contribution in [0.15, 0.2) is 41.7 Å². The smallest absolute Gasteiger partial charge is 0.253 e. The van der Waals surface area contributed by atoms with E-state index < -0.39 is 13.9 Å². The summed E-state index contributed by atoms with van der Waals surface area (Å²) >= 11 is 0. The van der Waals surface area contributed by atoms with Crippen molar-refractivity contribution in [2.24, 2.45) is 0 Å². The standard InChI is InChI=1S/C21H31NO3Si/c1-20(2,3)26(4,5)25-21(12-13-21)18(23)17-11-14-22(19(17)24)15-16-9-7-6-8-10-16/h6-10,23H,11-15H2,1-5H3. The lowest BCUT2D eigenvalue weighted by molar-refractivity contribution is -0.125. The third kappa shape index (κ3) is 3.60. The van der Waals surface area contributed by atoms with Crippen LogP contribution in [0.25, 0.3) is 0 Å². The highest BCUT2D eigenvalue weighted by molar-refractivity contribution is 6.74. The Hall–Kier alpha value is -1.59. The SMILES string of the molecule is CC(C)(C)[Si](C)(C)OC1(C(O)=C2CCN(Cc3ccccc3)C2=O)CC1. The van der Waals surface area contributed by atoms with Crippen molar-refractivity contribution in [3.05, 3.63) is 47.2 Å². The molecule has 26 heavy (non-hydrogen) atoms. The number of likely N-dealkylation sites (tertiary alicyclic amines) is 1. The van der Waals surface area contributed by atoms with Gasteiger partial charge in [-0.25, -0.2) is 0 Å². The van der Waals surface area contributed by atoms with Gasteiger partial charge in [0, 0.05) is 13.1 Å². The molecule has 1 amide bonds. The molecule has 1 aliphatic carbocycles. The number of aliphatic hydroxyl groups is 1. The summed E-state index contributed by atoms with van der Waals surface area (Å²) in [6, 6.07) is 9.99. The van der Waals surface area contributed by atoms with Gasteiger partial charge in [0.05, 0.1) is 5.57 Å². The number of benzene rings is 1. The molecular formula is C21H31NO3Si. The van der Waals surface area contributed by atoms with Gasteiger partial charge in [0.15, 0.2) is 8.32 Å². The number of rotatable bonds is 5. The highest BCUT2D eigenvalue weighted by Gasteiger charge is 2.56. The molecular weight excluding hydrogens is 342 g/mol. The quantitative estimate of drug-likeness (QED) is 0.459. The maximum absolute atomic E-state index is 12.9. The maximum Gasteiger partial charge on any atom is 0.253 e. The molecule has 1 aromatic carbocycles. The minimum Gasteiger partial charge on any atom is -0.509 e. The number of hydrogen-bond donors (Lipinski definition) is 1. The fourth-order valence-corrected chi connectivity index (χ4v) is 4.82. The van der Waals surface area contributed by atoms with Gasteiger partial charge < -0.3 is 14.4 Å². The van der Waals surface area contributed by atoms with Gasteiger partial charge in [-0.3, -0.25) is 4.79 Å². The Morgan fingerprint density at radius 2 is 1.85 bits per heavy atom. The van der Waals surface area contributed by atoms with E-state index >= 15 is 0 Å². The molecule has 4 nitrogen and oxygen atoms in total. The first-order valence-electron chi connectivity index (χ1n) is 9.52. The molecule has 0 atom stereocenters. The van der Waals surface area contributed by atoms with Crippen molar-refractivity contribution in [2.45, 2.75) is 70.3 Å². The van der Waals surface area contributed by atoms with E-state index in [9.17, 15) is 9.90 Å². The van der Waals surface area contributed by atoms with Gasteiger partial charge in [-0.1, -0.05) is 51.1 Å². The lowest BCUT2D eigenvalue weighted by Gasteiger charge is -2.39. The first-order chi connectivity index (χ1) is 12.1. The summed E-state index contributed by atoms with van der Waals surface area (Å²) in [6.45, 7) is 12.2. The van der Waals surface area contributed by atoms with E-state index in [0.717, 1.165) is 18.4 Å². The van der Waals surface area contributed by atoms with Gasteiger partial charge in [0.1, 0.15) is 11.4 Å².